The SMILES string of the molecule is CC(C)c1ccccc1NC(=S)NN=Cc1ccc2c(C(=O)Nc3ccc(OC(F)(F)F)cc3)nn(C)c2c1. The van der Waals surface area contributed by atoms with Crippen LogP contribution in [0.1, 0.15) is 41.4 Å². The zero-order valence-electron chi connectivity index (χ0n) is 21.2. The number of rotatable bonds is 7. The second kappa shape index (κ2) is 11.5. The molecule has 4 rings (SSSR count). The number of anilines is 2. The van der Waals surface area contributed by atoms with Crippen LogP contribution in [0.4, 0.5) is 24.5 Å². The van der Waals surface area contributed by atoms with Crippen molar-refractivity contribution in [3.05, 3.63) is 83.6 Å². The molecule has 12 heteroatoms. The minimum atomic E-state index is -4.79. The number of hydrogen-bond acceptors (Lipinski definition) is 5. The van der Waals surface area contributed by atoms with Crippen LogP contribution in [0.3, 0.4) is 0 Å². The van der Waals surface area contributed by atoms with E-state index in [9.17, 15) is 18.0 Å². The number of thiocarbonyl (C=S) groups is 1. The molecule has 0 fully saturated rings. The van der Waals surface area contributed by atoms with Gasteiger partial charge in [-0.25, -0.2) is 0 Å². The van der Waals surface area contributed by atoms with E-state index >= 15 is 0 Å². The van der Waals surface area contributed by atoms with Gasteiger partial charge in [-0.1, -0.05) is 38.1 Å². The quantitative estimate of drug-likeness (QED) is 0.144. The number of amides is 1. The van der Waals surface area contributed by atoms with Gasteiger partial charge in [0.15, 0.2) is 10.8 Å². The average Bonchev–Trinajstić information content (AvgIpc) is 3.20. The van der Waals surface area contributed by atoms with Crippen molar-refractivity contribution in [3.8, 4) is 5.75 Å². The summed E-state index contributed by atoms with van der Waals surface area (Å²) in [6.45, 7) is 4.21. The van der Waals surface area contributed by atoms with E-state index in [1.54, 1.807) is 30.1 Å². The highest BCUT2D eigenvalue weighted by molar-refractivity contribution is 7.80. The summed E-state index contributed by atoms with van der Waals surface area (Å²) >= 11 is 5.36. The molecule has 1 amide bonds. The third-order valence-electron chi connectivity index (χ3n) is 5.65. The molecule has 8 nitrogen and oxygen atoms in total. The van der Waals surface area contributed by atoms with Crippen molar-refractivity contribution in [1.29, 1.82) is 0 Å². The van der Waals surface area contributed by atoms with Crippen LogP contribution in [0, 0.1) is 0 Å². The van der Waals surface area contributed by atoms with Gasteiger partial charge in [0, 0.05) is 23.8 Å². The summed E-state index contributed by atoms with van der Waals surface area (Å²) in [6.07, 6.45) is -3.20. The van der Waals surface area contributed by atoms with Crippen molar-refractivity contribution in [2.75, 3.05) is 10.6 Å². The van der Waals surface area contributed by atoms with Crippen LogP contribution in [0.15, 0.2) is 71.8 Å². The molecule has 0 aliphatic heterocycles. The molecular weight excluding hydrogens is 529 g/mol. The van der Waals surface area contributed by atoms with Crippen LogP contribution < -0.4 is 20.8 Å². The number of carbonyl (C=O) groups excluding carboxylic acids is 1. The van der Waals surface area contributed by atoms with Gasteiger partial charge < -0.3 is 15.4 Å². The van der Waals surface area contributed by atoms with Crippen molar-refractivity contribution in [2.45, 2.75) is 26.1 Å². The Kier molecular flexibility index (Phi) is 8.15. The maximum Gasteiger partial charge on any atom is 0.573 e. The zero-order chi connectivity index (χ0) is 28.2. The molecule has 4 aromatic rings. The molecule has 0 unspecified atom stereocenters. The second-order valence-corrected chi connectivity index (χ2v) is 9.25. The smallest absolute Gasteiger partial charge is 0.406 e. The van der Waals surface area contributed by atoms with Crippen LogP contribution in [0.5, 0.6) is 5.75 Å². The van der Waals surface area contributed by atoms with Gasteiger partial charge in [0.25, 0.3) is 5.91 Å². The van der Waals surface area contributed by atoms with Crippen molar-refractivity contribution < 1.29 is 22.7 Å². The Morgan fingerprint density at radius 3 is 2.49 bits per heavy atom. The predicted octanol–water partition coefficient (Wildman–Crippen LogP) is 6.17. The number of benzene rings is 3. The van der Waals surface area contributed by atoms with Gasteiger partial charge in [-0.3, -0.25) is 14.9 Å². The summed E-state index contributed by atoms with van der Waals surface area (Å²) in [4.78, 5) is 12.8. The molecule has 1 heterocycles. The van der Waals surface area contributed by atoms with E-state index in [1.165, 1.54) is 12.1 Å². The molecule has 1 aromatic heterocycles. The first kappa shape index (κ1) is 27.6. The maximum absolute atomic E-state index is 12.8. The molecule has 0 radical (unpaired) electrons. The number of aryl methyl sites for hydroxylation is 1. The van der Waals surface area contributed by atoms with Gasteiger partial charge >= 0.3 is 6.36 Å². The lowest BCUT2D eigenvalue weighted by Crippen LogP contribution is -2.24. The average molecular weight is 555 g/mol. The van der Waals surface area contributed by atoms with E-state index in [-0.39, 0.29) is 11.4 Å². The van der Waals surface area contributed by atoms with Gasteiger partial charge in [0.05, 0.1) is 11.7 Å². The fourth-order valence-corrected chi connectivity index (χ4v) is 4.05. The first-order valence-corrected chi connectivity index (χ1v) is 12.2. The molecule has 3 N–H and O–H groups in total. The standard InChI is InChI=1S/C27H25F3N6O2S/c1-16(2)20-6-4-5-7-22(20)33-26(39)34-31-15-17-8-13-21-23(14-17)36(3)35-24(21)25(37)32-18-9-11-19(12-10-18)38-27(28,29)30/h4-16H,1-3H3,(H,32,37)(H2,33,34,39). The number of aromatic nitrogens is 2. The normalized spacial score (nSPS) is 11.7. The number of hydrazone groups is 1. The number of nitrogens with one attached hydrogen (secondary N) is 3. The third-order valence-corrected chi connectivity index (χ3v) is 5.84. The van der Waals surface area contributed by atoms with Gasteiger partial charge in [-0.2, -0.15) is 10.2 Å². The van der Waals surface area contributed by atoms with E-state index in [0.29, 0.717) is 27.6 Å². The fourth-order valence-electron chi connectivity index (χ4n) is 3.88. The Morgan fingerprint density at radius 1 is 1.08 bits per heavy atom. The Labute approximate surface area is 227 Å². The van der Waals surface area contributed by atoms with Gasteiger partial charge in [-0.05, 0) is 71.7 Å². The van der Waals surface area contributed by atoms with Crippen molar-refractivity contribution in [2.24, 2.45) is 12.1 Å². The number of fused-ring (bicyclic) bond motifs is 1. The Bertz CT molecular complexity index is 1530. The number of hydrogen-bond donors (Lipinski definition) is 3. The number of nitrogens with zero attached hydrogens (tertiary/aromatic N) is 3. The predicted molar refractivity (Wildman–Crippen MR) is 149 cm³/mol. The lowest BCUT2D eigenvalue weighted by molar-refractivity contribution is -0.274. The molecule has 3 aromatic carbocycles. The topological polar surface area (TPSA) is 92.6 Å². The largest absolute Gasteiger partial charge is 0.573 e. The Morgan fingerprint density at radius 2 is 1.79 bits per heavy atom. The molecule has 0 atom stereocenters. The third kappa shape index (κ3) is 7.11. The molecule has 0 bridgehead atoms. The Balaban J connectivity index is 1.42. The summed E-state index contributed by atoms with van der Waals surface area (Å²) in [5.41, 5.74) is 6.75. The second-order valence-electron chi connectivity index (χ2n) is 8.84. The molecule has 39 heavy (non-hydrogen) atoms. The highest BCUT2D eigenvalue weighted by Gasteiger charge is 2.31. The van der Waals surface area contributed by atoms with Crippen LogP contribution in [-0.2, 0) is 7.05 Å². The molecule has 0 aliphatic rings. The number of carbonyl (C=O) groups is 1. The number of para-hydroxylation sites is 1. The first-order chi connectivity index (χ1) is 18.5. The fraction of sp³-hybridized carbons (Fsp3) is 0.185. The summed E-state index contributed by atoms with van der Waals surface area (Å²) in [5, 5.41) is 15.3. The first-order valence-electron chi connectivity index (χ1n) is 11.8. The molecule has 0 spiro atoms. The van der Waals surface area contributed by atoms with E-state index in [4.69, 9.17) is 12.2 Å². The van der Waals surface area contributed by atoms with E-state index < -0.39 is 12.3 Å². The van der Waals surface area contributed by atoms with Crippen LogP contribution in [0.25, 0.3) is 10.9 Å². The highest BCUT2D eigenvalue weighted by atomic mass is 32.1. The molecule has 0 saturated heterocycles. The van der Waals surface area contributed by atoms with Gasteiger partial charge in [0.1, 0.15) is 5.75 Å². The number of alkyl halides is 3. The van der Waals surface area contributed by atoms with Crippen molar-refractivity contribution in [3.63, 3.8) is 0 Å². The van der Waals surface area contributed by atoms with Crippen molar-refractivity contribution in [1.82, 2.24) is 15.2 Å². The van der Waals surface area contributed by atoms with Gasteiger partial charge in [0.2, 0.25) is 0 Å². The zero-order valence-corrected chi connectivity index (χ0v) is 22.0. The number of ether oxygens (including phenoxy) is 1. The van der Waals surface area contributed by atoms with Crippen LogP contribution >= 0.6 is 12.2 Å². The van der Waals surface area contributed by atoms with Crippen LogP contribution in [0.2, 0.25) is 0 Å². The molecule has 0 saturated carbocycles. The summed E-state index contributed by atoms with van der Waals surface area (Å²) < 4.78 is 42.5. The molecule has 202 valence electrons. The monoisotopic (exact) mass is 554 g/mol. The highest BCUT2D eigenvalue weighted by Crippen LogP contribution is 2.26. The van der Waals surface area contributed by atoms with E-state index in [2.05, 4.69) is 44.8 Å². The van der Waals surface area contributed by atoms with Gasteiger partial charge in [-0.15, -0.1) is 13.2 Å². The molecule has 0 aliphatic carbocycles. The minimum Gasteiger partial charge on any atom is -0.406 e. The molecular formula is C27H25F3N6O2S. The lowest BCUT2D eigenvalue weighted by atomic mass is 10.0. The van der Waals surface area contributed by atoms with E-state index in [1.807, 2.05) is 30.3 Å². The van der Waals surface area contributed by atoms with Crippen molar-refractivity contribution >= 4 is 51.7 Å². The summed E-state index contributed by atoms with van der Waals surface area (Å²) in [6, 6.07) is 18.1. The number of halogens is 3. The Hall–Kier alpha value is -4.45. The summed E-state index contributed by atoms with van der Waals surface area (Å²) in [5.74, 6) is -0.563. The summed E-state index contributed by atoms with van der Waals surface area (Å²) in [7, 11) is 1.70. The van der Waals surface area contributed by atoms with E-state index in [0.717, 1.165) is 28.9 Å². The minimum absolute atomic E-state index is 0.166. The van der Waals surface area contributed by atoms with Crippen LogP contribution in [-0.4, -0.2) is 33.4 Å². The lowest BCUT2D eigenvalue weighted by Gasteiger charge is -2.14. The maximum atomic E-state index is 12.8.